The molecule has 0 radical (unpaired) electrons. The van der Waals surface area contributed by atoms with Crippen LogP contribution in [0.1, 0.15) is 76.3 Å². The molecule has 1 aliphatic carbocycles. The Bertz CT molecular complexity index is 982. The van der Waals surface area contributed by atoms with Crippen molar-refractivity contribution in [2.24, 2.45) is 0 Å². The molecular formula is C25H34N2O3S. The summed E-state index contributed by atoms with van der Waals surface area (Å²) in [5.41, 5.74) is 2.99. The highest BCUT2D eigenvalue weighted by Gasteiger charge is 2.46. The Hall–Kier alpha value is -2.34. The van der Waals surface area contributed by atoms with Gasteiger partial charge in [-0.1, -0.05) is 76.9 Å². The third-order valence-corrected chi connectivity index (χ3v) is 8.91. The first-order valence-electron chi connectivity index (χ1n) is 11.2. The first kappa shape index (κ1) is 23.3. The van der Waals surface area contributed by atoms with Gasteiger partial charge in [0.2, 0.25) is 0 Å². The maximum Gasteiger partial charge on any atom is 0.319 e. The van der Waals surface area contributed by atoms with Crippen LogP contribution in [-0.4, -0.2) is 25.7 Å². The molecule has 5 nitrogen and oxygen atoms in total. The van der Waals surface area contributed by atoms with Crippen molar-refractivity contribution in [2.75, 3.05) is 11.9 Å². The zero-order valence-electron chi connectivity index (χ0n) is 18.9. The monoisotopic (exact) mass is 442 g/mol. The summed E-state index contributed by atoms with van der Waals surface area (Å²) in [5, 5.41) is 5.92. The second-order valence-electron chi connectivity index (χ2n) is 9.14. The molecule has 3 rings (SSSR count). The lowest BCUT2D eigenvalue weighted by atomic mass is 9.93. The molecule has 1 saturated carbocycles. The van der Waals surface area contributed by atoms with E-state index < -0.39 is 14.6 Å². The van der Waals surface area contributed by atoms with Crippen LogP contribution in [0.15, 0.2) is 53.4 Å². The summed E-state index contributed by atoms with van der Waals surface area (Å²) < 4.78 is 25.9. The maximum absolute atomic E-state index is 13.4. The first-order chi connectivity index (χ1) is 14.7. The van der Waals surface area contributed by atoms with Gasteiger partial charge >= 0.3 is 6.03 Å². The minimum absolute atomic E-state index is 0.108. The Balaban J connectivity index is 1.82. The Kier molecular flexibility index (Phi) is 7.10. The quantitative estimate of drug-likeness (QED) is 0.565. The number of carbonyl (C=O) groups is 1. The second-order valence-corrected chi connectivity index (χ2v) is 11.5. The van der Waals surface area contributed by atoms with Gasteiger partial charge in [0.25, 0.3) is 0 Å². The molecule has 6 heteroatoms. The van der Waals surface area contributed by atoms with Gasteiger partial charge in [0, 0.05) is 12.2 Å². The molecule has 31 heavy (non-hydrogen) atoms. The lowest BCUT2D eigenvalue weighted by molar-refractivity contribution is 0.250. The van der Waals surface area contributed by atoms with Crippen LogP contribution in [0.2, 0.25) is 0 Å². The molecule has 0 heterocycles. The van der Waals surface area contributed by atoms with Crippen LogP contribution in [-0.2, 0) is 9.84 Å². The van der Waals surface area contributed by atoms with E-state index >= 15 is 0 Å². The number of hydrogen-bond donors (Lipinski definition) is 2. The highest BCUT2D eigenvalue weighted by atomic mass is 32.2. The van der Waals surface area contributed by atoms with E-state index in [0.717, 1.165) is 29.7 Å². The second kappa shape index (κ2) is 9.43. The van der Waals surface area contributed by atoms with Gasteiger partial charge in [-0.15, -0.1) is 0 Å². The Morgan fingerprint density at radius 3 is 1.97 bits per heavy atom. The van der Waals surface area contributed by atoms with Gasteiger partial charge in [-0.05, 0) is 47.9 Å². The summed E-state index contributed by atoms with van der Waals surface area (Å²) >= 11 is 0. The lowest BCUT2D eigenvalue weighted by Crippen LogP contribution is -2.48. The minimum Gasteiger partial charge on any atom is -0.336 e. The number of carbonyl (C=O) groups excluding carboxylic acids is 1. The third-order valence-electron chi connectivity index (χ3n) is 6.32. The van der Waals surface area contributed by atoms with Crippen molar-refractivity contribution in [3.63, 3.8) is 0 Å². The topological polar surface area (TPSA) is 75.3 Å². The van der Waals surface area contributed by atoms with Crippen LogP contribution >= 0.6 is 0 Å². The number of amides is 2. The fourth-order valence-corrected chi connectivity index (χ4v) is 6.61. The number of benzene rings is 2. The molecule has 2 amide bonds. The molecule has 0 aromatic heterocycles. The number of hydrogen-bond acceptors (Lipinski definition) is 3. The average Bonchev–Trinajstić information content (AvgIpc) is 3.23. The van der Waals surface area contributed by atoms with E-state index in [0.29, 0.717) is 17.7 Å². The third kappa shape index (κ3) is 4.79. The van der Waals surface area contributed by atoms with Crippen molar-refractivity contribution < 1.29 is 13.2 Å². The average molecular weight is 443 g/mol. The molecule has 0 spiro atoms. The number of nitrogens with one attached hydrogen (secondary N) is 2. The summed E-state index contributed by atoms with van der Waals surface area (Å²) in [4.78, 5) is 13.2. The smallest absolute Gasteiger partial charge is 0.319 e. The van der Waals surface area contributed by atoms with Crippen LogP contribution in [0.5, 0.6) is 0 Å². The van der Waals surface area contributed by atoms with Crippen molar-refractivity contribution in [2.45, 2.75) is 74.9 Å². The molecule has 2 aromatic carbocycles. The van der Waals surface area contributed by atoms with Crippen molar-refractivity contribution >= 4 is 21.6 Å². The molecule has 1 fully saturated rings. The van der Waals surface area contributed by atoms with Crippen molar-refractivity contribution in [3.05, 3.63) is 59.7 Å². The van der Waals surface area contributed by atoms with E-state index in [-0.39, 0.29) is 24.4 Å². The van der Waals surface area contributed by atoms with Crippen molar-refractivity contribution in [1.82, 2.24) is 5.32 Å². The zero-order valence-corrected chi connectivity index (χ0v) is 19.8. The van der Waals surface area contributed by atoms with Crippen molar-refractivity contribution in [3.8, 4) is 0 Å². The standard InChI is InChI=1S/C25H34N2O3S/c1-18(2)21-13-10-14-22(19(3)4)23(21)27-24(28)26-17-25(15-8-9-16-25)31(29,30)20-11-6-5-7-12-20/h5-7,10-14,18-19H,8-9,15-17H2,1-4H3,(H2,26,27,28). The van der Waals surface area contributed by atoms with E-state index in [1.54, 1.807) is 24.3 Å². The molecule has 1 aliphatic rings. The summed E-state index contributed by atoms with van der Waals surface area (Å²) in [5.74, 6) is 0.516. The largest absolute Gasteiger partial charge is 0.336 e. The van der Waals surface area contributed by atoms with E-state index in [2.05, 4.69) is 38.3 Å². The first-order valence-corrected chi connectivity index (χ1v) is 12.6. The maximum atomic E-state index is 13.4. The Morgan fingerprint density at radius 2 is 1.45 bits per heavy atom. The highest BCUT2D eigenvalue weighted by molar-refractivity contribution is 7.92. The molecule has 0 atom stereocenters. The molecule has 2 aromatic rings. The van der Waals surface area contributed by atoms with Crippen LogP contribution < -0.4 is 10.6 Å². The van der Waals surface area contributed by atoms with E-state index in [4.69, 9.17) is 0 Å². The normalized spacial score (nSPS) is 15.9. The van der Waals surface area contributed by atoms with Gasteiger partial charge in [-0.2, -0.15) is 0 Å². The predicted octanol–water partition coefficient (Wildman–Crippen LogP) is 5.84. The Morgan fingerprint density at radius 1 is 0.903 bits per heavy atom. The number of rotatable bonds is 7. The van der Waals surface area contributed by atoms with E-state index in [9.17, 15) is 13.2 Å². The van der Waals surface area contributed by atoms with Gasteiger partial charge in [0.05, 0.1) is 9.64 Å². The molecule has 0 bridgehead atoms. The van der Waals surface area contributed by atoms with Crippen LogP contribution in [0.4, 0.5) is 10.5 Å². The van der Waals surface area contributed by atoms with Gasteiger partial charge < -0.3 is 10.6 Å². The van der Waals surface area contributed by atoms with Crippen LogP contribution in [0, 0.1) is 0 Å². The molecule has 0 aliphatic heterocycles. The molecular weight excluding hydrogens is 408 g/mol. The zero-order chi connectivity index (χ0) is 22.6. The molecule has 0 saturated heterocycles. The Labute approximate surface area is 186 Å². The fourth-order valence-electron chi connectivity index (χ4n) is 4.50. The van der Waals surface area contributed by atoms with Crippen molar-refractivity contribution in [1.29, 1.82) is 0 Å². The minimum atomic E-state index is -3.55. The number of para-hydroxylation sites is 1. The van der Waals surface area contributed by atoms with Gasteiger partial charge in [0.1, 0.15) is 0 Å². The van der Waals surface area contributed by atoms with Crippen LogP contribution in [0.25, 0.3) is 0 Å². The molecule has 2 N–H and O–H groups in total. The lowest BCUT2D eigenvalue weighted by Gasteiger charge is -2.29. The van der Waals surface area contributed by atoms with Crippen LogP contribution in [0.3, 0.4) is 0 Å². The van der Waals surface area contributed by atoms with E-state index in [1.165, 1.54) is 0 Å². The summed E-state index contributed by atoms with van der Waals surface area (Å²) in [6, 6.07) is 14.3. The summed E-state index contributed by atoms with van der Waals surface area (Å²) in [6.07, 6.45) is 2.82. The number of sulfone groups is 1. The van der Waals surface area contributed by atoms with Gasteiger partial charge in [0.15, 0.2) is 9.84 Å². The predicted molar refractivity (Wildman–Crippen MR) is 126 cm³/mol. The summed E-state index contributed by atoms with van der Waals surface area (Å²) in [7, 11) is -3.55. The summed E-state index contributed by atoms with van der Waals surface area (Å²) in [6.45, 7) is 8.51. The number of anilines is 1. The van der Waals surface area contributed by atoms with Gasteiger partial charge in [-0.3, -0.25) is 0 Å². The number of urea groups is 1. The fraction of sp³-hybridized carbons (Fsp3) is 0.480. The van der Waals surface area contributed by atoms with Gasteiger partial charge in [-0.25, -0.2) is 13.2 Å². The highest BCUT2D eigenvalue weighted by Crippen LogP contribution is 2.40. The SMILES string of the molecule is CC(C)c1cccc(C(C)C)c1NC(=O)NCC1(S(=O)(=O)c2ccccc2)CCCC1. The molecule has 168 valence electrons. The molecule has 0 unspecified atom stereocenters. The van der Waals surface area contributed by atoms with E-state index in [1.807, 2.05) is 24.3 Å².